The lowest BCUT2D eigenvalue weighted by Gasteiger charge is -2.18. The number of hydrogen-bond donors (Lipinski definition) is 2. The molecule has 0 radical (unpaired) electrons. The highest BCUT2D eigenvalue weighted by Gasteiger charge is 2.33. The van der Waals surface area contributed by atoms with Crippen molar-refractivity contribution < 1.29 is 9.84 Å². The number of anilines is 2. The Balaban J connectivity index is 2.11. The number of aliphatic hydroxyl groups is 1. The van der Waals surface area contributed by atoms with Crippen LogP contribution in [0.15, 0.2) is 18.3 Å². The maximum absolute atomic E-state index is 9.81. The zero-order valence-corrected chi connectivity index (χ0v) is 9.34. The molecule has 5 heteroatoms. The van der Waals surface area contributed by atoms with Gasteiger partial charge in [0.05, 0.1) is 11.8 Å². The van der Waals surface area contributed by atoms with Gasteiger partial charge in [-0.3, -0.25) is 0 Å². The van der Waals surface area contributed by atoms with Gasteiger partial charge >= 0.3 is 0 Å². The Morgan fingerprint density at radius 3 is 3.12 bits per heavy atom. The summed E-state index contributed by atoms with van der Waals surface area (Å²) in [5.41, 5.74) is 6.47. The molecule has 5 nitrogen and oxygen atoms in total. The molecular weight excluding hydrogens is 206 g/mol. The highest BCUT2D eigenvalue weighted by molar-refractivity contribution is 5.62. The largest absolute Gasteiger partial charge is 0.396 e. The smallest absolute Gasteiger partial charge is 0.151 e. The van der Waals surface area contributed by atoms with Crippen LogP contribution in [0, 0.1) is 0 Å². The molecule has 0 aromatic carbocycles. The van der Waals surface area contributed by atoms with Crippen molar-refractivity contribution in [3.63, 3.8) is 0 Å². The minimum atomic E-state index is -0.471. The summed E-state index contributed by atoms with van der Waals surface area (Å²) in [4.78, 5) is 6.18. The first-order chi connectivity index (χ1) is 7.72. The van der Waals surface area contributed by atoms with E-state index in [0.29, 0.717) is 25.4 Å². The number of aliphatic hydroxyl groups excluding tert-OH is 1. The van der Waals surface area contributed by atoms with E-state index in [1.807, 2.05) is 17.9 Å². The minimum absolute atomic E-state index is 0.147. The summed E-state index contributed by atoms with van der Waals surface area (Å²) in [6.45, 7) is 3.68. The van der Waals surface area contributed by atoms with Gasteiger partial charge in [-0.05, 0) is 19.1 Å². The second-order valence-corrected chi connectivity index (χ2v) is 3.88. The lowest BCUT2D eigenvalue weighted by molar-refractivity contribution is -0.00189. The van der Waals surface area contributed by atoms with Gasteiger partial charge in [0.15, 0.2) is 5.82 Å². The highest BCUT2D eigenvalue weighted by Crippen LogP contribution is 2.24. The fourth-order valence-corrected chi connectivity index (χ4v) is 1.98. The van der Waals surface area contributed by atoms with Crippen molar-refractivity contribution in [3.8, 4) is 0 Å². The lowest BCUT2D eigenvalue weighted by Crippen LogP contribution is -2.26. The van der Waals surface area contributed by atoms with Gasteiger partial charge in [-0.1, -0.05) is 0 Å². The summed E-state index contributed by atoms with van der Waals surface area (Å²) in [7, 11) is 0. The zero-order valence-electron chi connectivity index (χ0n) is 9.34. The van der Waals surface area contributed by atoms with Crippen molar-refractivity contribution in [2.24, 2.45) is 0 Å². The number of rotatable bonds is 3. The molecule has 1 aliphatic rings. The van der Waals surface area contributed by atoms with Gasteiger partial charge < -0.3 is 20.5 Å². The number of ether oxygens (including phenoxy) is 1. The second kappa shape index (κ2) is 4.67. The van der Waals surface area contributed by atoms with Gasteiger partial charge in [0.1, 0.15) is 6.10 Å². The summed E-state index contributed by atoms with van der Waals surface area (Å²) in [6, 6.07) is 3.61. The average Bonchev–Trinajstić information content (AvgIpc) is 2.61. The molecular formula is C11H17N3O2. The summed E-state index contributed by atoms with van der Waals surface area (Å²) < 4.78 is 5.45. The van der Waals surface area contributed by atoms with Crippen LogP contribution in [0.4, 0.5) is 11.5 Å². The molecule has 0 aliphatic carbocycles. The number of β-amino-alcohol motifs (C(OH)–C–C–N with tert-alkyl or cyclic N) is 1. The summed E-state index contributed by atoms with van der Waals surface area (Å²) >= 11 is 0. The van der Waals surface area contributed by atoms with Crippen molar-refractivity contribution in [2.75, 3.05) is 30.3 Å². The molecule has 1 aliphatic heterocycles. The maximum Gasteiger partial charge on any atom is 0.151 e. The van der Waals surface area contributed by atoms with Crippen molar-refractivity contribution in [1.82, 2.24) is 4.98 Å². The summed E-state index contributed by atoms with van der Waals surface area (Å²) in [6.07, 6.45) is 1.08. The molecule has 0 spiro atoms. The highest BCUT2D eigenvalue weighted by atomic mass is 16.5. The summed E-state index contributed by atoms with van der Waals surface area (Å²) in [5, 5.41) is 9.81. The van der Waals surface area contributed by atoms with Gasteiger partial charge in [0.25, 0.3) is 0 Å². The Kier molecular flexibility index (Phi) is 3.26. The number of nitrogens with two attached hydrogens (primary N) is 1. The Hall–Kier alpha value is -1.33. The molecule has 2 atom stereocenters. The zero-order chi connectivity index (χ0) is 11.5. The molecule has 1 saturated heterocycles. The summed E-state index contributed by atoms with van der Waals surface area (Å²) in [5.74, 6) is 0.726. The molecule has 1 fully saturated rings. The molecule has 0 unspecified atom stereocenters. The maximum atomic E-state index is 9.81. The molecule has 0 amide bonds. The van der Waals surface area contributed by atoms with E-state index in [1.165, 1.54) is 0 Å². The van der Waals surface area contributed by atoms with Gasteiger partial charge in [-0.2, -0.15) is 0 Å². The third-order valence-corrected chi connectivity index (χ3v) is 2.73. The predicted molar refractivity (Wildman–Crippen MR) is 62.3 cm³/mol. The monoisotopic (exact) mass is 223 g/mol. The number of pyridine rings is 1. The molecule has 2 heterocycles. The van der Waals surface area contributed by atoms with Crippen LogP contribution in [0.3, 0.4) is 0 Å². The first kappa shape index (κ1) is 11.2. The normalized spacial score (nSPS) is 25.0. The molecule has 16 heavy (non-hydrogen) atoms. The quantitative estimate of drug-likeness (QED) is 0.768. The lowest BCUT2D eigenvalue weighted by atomic mass is 10.3. The van der Waals surface area contributed by atoms with Crippen LogP contribution in [-0.4, -0.2) is 42.0 Å². The molecule has 88 valence electrons. The standard InChI is InChI=1S/C11H17N3O2/c1-2-16-10-7-14(6-9(10)15)11-8(12)4-3-5-13-11/h3-5,9-10,15H,2,6-7,12H2,1H3/t9-,10+/m0/s1. The molecule has 2 rings (SSSR count). The van der Waals surface area contributed by atoms with Crippen molar-refractivity contribution in [3.05, 3.63) is 18.3 Å². The first-order valence-corrected chi connectivity index (χ1v) is 5.47. The minimum Gasteiger partial charge on any atom is -0.396 e. The molecule has 0 bridgehead atoms. The van der Waals surface area contributed by atoms with Crippen LogP contribution in [0.5, 0.6) is 0 Å². The van der Waals surface area contributed by atoms with E-state index < -0.39 is 6.10 Å². The number of aromatic nitrogens is 1. The second-order valence-electron chi connectivity index (χ2n) is 3.88. The average molecular weight is 223 g/mol. The van der Waals surface area contributed by atoms with Crippen LogP contribution in [-0.2, 0) is 4.74 Å². The molecule has 1 aromatic rings. The van der Waals surface area contributed by atoms with Crippen LogP contribution >= 0.6 is 0 Å². The van der Waals surface area contributed by atoms with E-state index in [9.17, 15) is 5.11 Å². The van der Waals surface area contributed by atoms with Gasteiger partial charge in [0.2, 0.25) is 0 Å². The van der Waals surface area contributed by atoms with Crippen LogP contribution in [0.25, 0.3) is 0 Å². The SMILES string of the molecule is CCO[C@@H]1CN(c2ncccc2N)C[C@@H]1O. The third kappa shape index (κ3) is 2.10. The number of hydrogen-bond acceptors (Lipinski definition) is 5. The Morgan fingerprint density at radius 2 is 2.44 bits per heavy atom. The van der Waals surface area contributed by atoms with Gasteiger partial charge in [-0.15, -0.1) is 0 Å². The van der Waals surface area contributed by atoms with E-state index in [4.69, 9.17) is 10.5 Å². The predicted octanol–water partition coefficient (Wildman–Crippen LogP) is 0.250. The van der Waals surface area contributed by atoms with Crippen molar-refractivity contribution in [1.29, 1.82) is 0 Å². The molecule has 0 saturated carbocycles. The van der Waals surface area contributed by atoms with Crippen LogP contribution in [0.1, 0.15) is 6.92 Å². The van der Waals surface area contributed by atoms with Gasteiger partial charge in [-0.25, -0.2) is 4.98 Å². The third-order valence-electron chi connectivity index (χ3n) is 2.73. The number of nitrogen functional groups attached to an aromatic ring is 1. The molecule has 1 aromatic heterocycles. The van der Waals surface area contributed by atoms with Crippen molar-refractivity contribution >= 4 is 11.5 Å². The Morgan fingerprint density at radius 1 is 1.62 bits per heavy atom. The van der Waals surface area contributed by atoms with Crippen LogP contribution < -0.4 is 10.6 Å². The molecule has 3 N–H and O–H groups in total. The topological polar surface area (TPSA) is 71.6 Å². The van der Waals surface area contributed by atoms with E-state index in [-0.39, 0.29) is 6.10 Å². The Bertz CT molecular complexity index is 359. The van der Waals surface area contributed by atoms with Crippen molar-refractivity contribution in [2.45, 2.75) is 19.1 Å². The van der Waals surface area contributed by atoms with Gasteiger partial charge in [0, 0.05) is 25.9 Å². The van der Waals surface area contributed by atoms with Crippen LogP contribution in [0.2, 0.25) is 0 Å². The van der Waals surface area contributed by atoms with E-state index >= 15 is 0 Å². The van der Waals surface area contributed by atoms with E-state index in [1.54, 1.807) is 12.3 Å². The first-order valence-electron chi connectivity index (χ1n) is 5.47. The Labute approximate surface area is 94.8 Å². The number of nitrogens with zero attached hydrogens (tertiary/aromatic N) is 2. The van der Waals surface area contributed by atoms with E-state index in [0.717, 1.165) is 5.82 Å². The van der Waals surface area contributed by atoms with E-state index in [2.05, 4.69) is 4.98 Å². The fourth-order valence-electron chi connectivity index (χ4n) is 1.98. The fraction of sp³-hybridized carbons (Fsp3) is 0.545.